The Bertz CT molecular complexity index is 488. The van der Waals surface area contributed by atoms with Gasteiger partial charge in [-0.15, -0.1) is 0 Å². The van der Waals surface area contributed by atoms with Crippen LogP contribution >= 0.6 is 0 Å². The first-order valence-electron chi connectivity index (χ1n) is 6.59. The van der Waals surface area contributed by atoms with Gasteiger partial charge in [0.05, 0.1) is 0 Å². The molecule has 21 heavy (non-hydrogen) atoms. The molecule has 0 aliphatic carbocycles. The van der Waals surface area contributed by atoms with Crippen LogP contribution in [0.5, 0.6) is 0 Å². The first-order valence-corrected chi connectivity index (χ1v) is 6.59. The fourth-order valence-electron chi connectivity index (χ4n) is 2.27. The van der Waals surface area contributed by atoms with E-state index in [4.69, 9.17) is 0 Å². The molecular formula is C13H16F5N3. The fraction of sp³-hybridized carbons (Fsp3) is 0.538. The van der Waals surface area contributed by atoms with Crippen LogP contribution in [0.4, 0.5) is 27.6 Å². The molecule has 0 unspecified atom stereocenters. The van der Waals surface area contributed by atoms with Gasteiger partial charge in [-0.25, -0.2) is 22.0 Å². The third-order valence-corrected chi connectivity index (χ3v) is 3.53. The molecule has 0 atom stereocenters. The van der Waals surface area contributed by atoms with Gasteiger partial charge in [0.2, 0.25) is 5.82 Å². The number of likely N-dealkylation sites (N-methyl/N-ethyl adjacent to an activating group) is 1. The summed E-state index contributed by atoms with van der Waals surface area (Å²) in [6.45, 7) is 3.84. The predicted octanol–water partition coefficient (Wildman–Crippen LogP) is 1.72. The lowest BCUT2D eigenvalue weighted by molar-refractivity contribution is 0.246. The van der Waals surface area contributed by atoms with Gasteiger partial charge >= 0.3 is 0 Å². The van der Waals surface area contributed by atoms with Crippen molar-refractivity contribution in [3.8, 4) is 0 Å². The monoisotopic (exact) mass is 309 g/mol. The van der Waals surface area contributed by atoms with Gasteiger partial charge in [-0.1, -0.05) is 0 Å². The summed E-state index contributed by atoms with van der Waals surface area (Å²) in [4.78, 5) is 3.11. The van der Waals surface area contributed by atoms with Crippen molar-refractivity contribution >= 4 is 5.69 Å². The van der Waals surface area contributed by atoms with Gasteiger partial charge in [-0.2, -0.15) is 0 Å². The van der Waals surface area contributed by atoms with Gasteiger partial charge in [0.15, 0.2) is 23.3 Å². The standard InChI is InChI=1S/C13H16F5N3/c1-20(6-7-21-4-2-19-3-5-21)13-11(17)9(15)8(14)10(16)12(13)18/h19H,2-7H2,1H3. The second-order valence-corrected chi connectivity index (χ2v) is 4.93. The Morgan fingerprint density at radius 3 is 1.90 bits per heavy atom. The van der Waals surface area contributed by atoms with Crippen molar-refractivity contribution < 1.29 is 22.0 Å². The Hall–Kier alpha value is -1.41. The van der Waals surface area contributed by atoms with E-state index in [1.807, 2.05) is 0 Å². The number of hydrogen-bond acceptors (Lipinski definition) is 3. The molecule has 8 heteroatoms. The van der Waals surface area contributed by atoms with E-state index < -0.39 is 34.8 Å². The molecule has 0 bridgehead atoms. The number of halogens is 5. The SMILES string of the molecule is CN(CCN1CCNCC1)c1c(F)c(F)c(F)c(F)c1F. The molecule has 1 heterocycles. The summed E-state index contributed by atoms with van der Waals surface area (Å²) in [5.74, 6) is -9.57. The van der Waals surface area contributed by atoms with Crippen molar-refractivity contribution in [2.75, 3.05) is 51.2 Å². The van der Waals surface area contributed by atoms with E-state index in [0.29, 0.717) is 6.54 Å². The van der Waals surface area contributed by atoms with Crippen LogP contribution in [0.3, 0.4) is 0 Å². The highest BCUT2D eigenvalue weighted by molar-refractivity contribution is 5.49. The summed E-state index contributed by atoms with van der Waals surface area (Å²) in [6.07, 6.45) is 0. The highest BCUT2D eigenvalue weighted by Gasteiger charge is 2.27. The Morgan fingerprint density at radius 2 is 1.38 bits per heavy atom. The lowest BCUT2D eigenvalue weighted by atomic mass is 10.2. The molecule has 2 rings (SSSR count). The molecule has 3 nitrogen and oxygen atoms in total. The number of nitrogens with one attached hydrogen (secondary N) is 1. The summed E-state index contributed by atoms with van der Waals surface area (Å²) in [7, 11) is 1.31. The van der Waals surface area contributed by atoms with Crippen molar-refractivity contribution in [3.05, 3.63) is 29.1 Å². The Balaban J connectivity index is 2.13. The van der Waals surface area contributed by atoms with Crippen molar-refractivity contribution in [1.29, 1.82) is 0 Å². The van der Waals surface area contributed by atoms with Gasteiger partial charge in [0, 0.05) is 46.3 Å². The molecule has 1 N–H and O–H groups in total. The highest BCUT2D eigenvalue weighted by Crippen LogP contribution is 2.29. The second-order valence-electron chi connectivity index (χ2n) is 4.93. The topological polar surface area (TPSA) is 18.5 Å². The maximum atomic E-state index is 13.6. The molecule has 1 aromatic carbocycles. The number of hydrogen-bond donors (Lipinski definition) is 1. The summed E-state index contributed by atoms with van der Waals surface area (Å²) in [5, 5.41) is 3.16. The summed E-state index contributed by atoms with van der Waals surface area (Å²) < 4.78 is 66.5. The minimum atomic E-state index is -2.13. The lowest BCUT2D eigenvalue weighted by Gasteiger charge is -2.30. The lowest BCUT2D eigenvalue weighted by Crippen LogP contribution is -2.46. The average Bonchev–Trinajstić information content (AvgIpc) is 2.50. The molecule has 0 radical (unpaired) electrons. The zero-order chi connectivity index (χ0) is 15.6. The minimum absolute atomic E-state index is 0.165. The van der Waals surface area contributed by atoms with Crippen molar-refractivity contribution in [2.45, 2.75) is 0 Å². The quantitative estimate of drug-likeness (QED) is 0.519. The first-order chi connectivity index (χ1) is 9.93. The maximum absolute atomic E-state index is 13.6. The number of rotatable bonds is 4. The van der Waals surface area contributed by atoms with Gasteiger partial charge in [-0.3, -0.25) is 4.90 Å². The fourth-order valence-corrected chi connectivity index (χ4v) is 2.27. The molecule has 1 aliphatic rings. The summed E-state index contributed by atoms with van der Waals surface area (Å²) in [5.41, 5.74) is -0.887. The summed E-state index contributed by atoms with van der Waals surface area (Å²) in [6, 6.07) is 0. The maximum Gasteiger partial charge on any atom is 0.200 e. The third kappa shape index (κ3) is 3.26. The van der Waals surface area contributed by atoms with Crippen LogP contribution < -0.4 is 10.2 Å². The molecule has 0 amide bonds. The first kappa shape index (κ1) is 16.0. The Labute approximate surface area is 119 Å². The number of benzene rings is 1. The molecule has 1 aromatic rings. The largest absolute Gasteiger partial charge is 0.368 e. The van der Waals surface area contributed by atoms with E-state index >= 15 is 0 Å². The molecule has 1 aliphatic heterocycles. The smallest absolute Gasteiger partial charge is 0.200 e. The van der Waals surface area contributed by atoms with Gasteiger partial charge in [-0.05, 0) is 0 Å². The van der Waals surface area contributed by atoms with Gasteiger partial charge in [0.25, 0.3) is 0 Å². The van der Waals surface area contributed by atoms with Crippen LogP contribution in [0, 0.1) is 29.1 Å². The van der Waals surface area contributed by atoms with E-state index in [-0.39, 0.29) is 6.54 Å². The second kappa shape index (κ2) is 6.57. The van der Waals surface area contributed by atoms with Gasteiger partial charge in [0.1, 0.15) is 5.69 Å². The van der Waals surface area contributed by atoms with Crippen LogP contribution in [-0.2, 0) is 0 Å². The number of piperazine rings is 1. The molecular weight excluding hydrogens is 293 g/mol. The van der Waals surface area contributed by atoms with Gasteiger partial charge < -0.3 is 10.2 Å². The normalized spacial score (nSPS) is 16.3. The summed E-state index contributed by atoms with van der Waals surface area (Å²) >= 11 is 0. The molecule has 0 spiro atoms. The van der Waals surface area contributed by atoms with Crippen LogP contribution in [-0.4, -0.2) is 51.2 Å². The van der Waals surface area contributed by atoms with E-state index in [2.05, 4.69) is 10.2 Å². The zero-order valence-corrected chi connectivity index (χ0v) is 11.5. The third-order valence-electron chi connectivity index (χ3n) is 3.53. The molecule has 1 saturated heterocycles. The average molecular weight is 309 g/mol. The molecule has 1 fully saturated rings. The number of anilines is 1. The van der Waals surface area contributed by atoms with Crippen molar-refractivity contribution in [1.82, 2.24) is 10.2 Å². The predicted molar refractivity (Wildman–Crippen MR) is 68.8 cm³/mol. The van der Waals surface area contributed by atoms with Crippen LogP contribution in [0.2, 0.25) is 0 Å². The van der Waals surface area contributed by atoms with Crippen LogP contribution in [0.25, 0.3) is 0 Å². The van der Waals surface area contributed by atoms with E-state index in [1.54, 1.807) is 0 Å². The van der Waals surface area contributed by atoms with E-state index in [0.717, 1.165) is 31.1 Å². The van der Waals surface area contributed by atoms with E-state index in [1.165, 1.54) is 7.05 Å². The van der Waals surface area contributed by atoms with Crippen molar-refractivity contribution in [3.63, 3.8) is 0 Å². The number of nitrogens with zero attached hydrogens (tertiary/aromatic N) is 2. The van der Waals surface area contributed by atoms with Crippen LogP contribution in [0.1, 0.15) is 0 Å². The Morgan fingerprint density at radius 1 is 0.905 bits per heavy atom. The highest BCUT2D eigenvalue weighted by atomic mass is 19.2. The van der Waals surface area contributed by atoms with E-state index in [9.17, 15) is 22.0 Å². The zero-order valence-electron chi connectivity index (χ0n) is 11.5. The Kier molecular flexibility index (Phi) is 5.00. The van der Waals surface area contributed by atoms with Crippen molar-refractivity contribution in [2.24, 2.45) is 0 Å². The minimum Gasteiger partial charge on any atom is -0.368 e. The molecule has 0 aromatic heterocycles. The van der Waals surface area contributed by atoms with Crippen LogP contribution in [0.15, 0.2) is 0 Å². The molecule has 118 valence electrons. The molecule has 0 saturated carbocycles.